The number of aryl methyl sites for hydroxylation is 1. The molecule has 0 radical (unpaired) electrons. The molecule has 3 aromatic rings. The summed E-state index contributed by atoms with van der Waals surface area (Å²) in [5.41, 5.74) is 2.77. The first-order valence-electron chi connectivity index (χ1n) is 9.65. The molecule has 1 atom stereocenters. The van der Waals surface area contributed by atoms with Gasteiger partial charge in [0.25, 0.3) is 5.56 Å². The molecule has 0 saturated heterocycles. The highest BCUT2D eigenvalue weighted by Gasteiger charge is 2.24. The third-order valence-electron chi connectivity index (χ3n) is 5.34. The maximum atomic E-state index is 12.7. The van der Waals surface area contributed by atoms with Crippen molar-refractivity contribution < 1.29 is 23.7 Å². The number of benzene rings is 1. The lowest BCUT2D eigenvalue weighted by molar-refractivity contribution is 0.0545. The molecule has 2 aliphatic rings. The van der Waals surface area contributed by atoms with Gasteiger partial charge >= 0.3 is 0 Å². The molecule has 0 bridgehead atoms. The second-order valence-electron chi connectivity index (χ2n) is 7.14. The van der Waals surface area contributed by atoms with Crippen molar-refractivity contribution in [1.82, 2.24) is 4.57 Å². The van der Waals surface area contributed by atoms with Gasteiger partial charge in [0, 0.05) is 35.0 Å². The number of aromatic nitrogens is 1. The molecule has 2 aliphatic heterocycles. The van der Waals surface area contributed by atoms with Gasteiger partial charge in [-0.2, -0.15) is 0 Å². The molecule has 8 heteroatoms. The Bertz CT molecular complexity index is 1150. The summed E-state index contributed by atoms with van der Waals surface area (Å²) in [6, 6.07) is 7.31. The molecule has 1 aromatic carbocycles. The average molecular weight is 427 g/mol. The molecule has 4 heterocycles. The lowest BCUT2D eigenvalue weighted by Crippen LogP contribution is -2.34. The summed E-state index contributed by atoms with van der Waals surface area (Å²) >= 11 is 1.53. The normalized spacial score (nSPS) is 16.4. The zero-order chi connectivity index (χ0) is 20.7. The van der Waals surface area contributed by atoms with Crippen LogP contribution in [0.4, 0.5) is 0 Å². The van der Waals surface area contributed by atoms with Crippen LogP contribution in [0.5, 0.6) is 28.7 Å². The van der Waals surface area contributed by atoms with Gasteiger partial charge in [-0.15, -0.1) is 11.3 Å². The summed E-state index contributed by atoms with van der Waals surface area (Å²) in [6.07, 6.45) is 0.515. The topological polar surface area (TPSA) is 68.2 Å². The predicted octanol–water partition coefficient (Wildman–Crippen LogP) is 3.37. The third-order valence-corrected chi connectivity index (χ3v) is 6.04. The molecule has 0 saturated carbocycles. The molecule has 156 valence electrons. The van der Waals surface area contributed by atoms with Gasteiger partial charge in [0.05, 0.1) is 19.9 Å². The quantitative estimate of drug-likeness (QED) is 0.622. The van der Waals surface area contributed by atoms with Gasteiger partial charge in [-0.05, 0) is 24.1 Å². The largest absolute Gasteiger partial charge is 0.493 e. The van der Waals surface area contributed by atoms with Crippen molar-refractivity contribution in [2.75, 3.05) is 27.4 Å². The zero-order valence-electron chi connectivity index (χ0n) is 16.7. The minimum absolute atomic E-state index is 0.0936. The standard InChI is InChI=1S/C22H21NO6S/c1-25-18-5-13-3-4-23-17(16(13)8-19(18)26-2)6-14(7-22(23)24)27-9-15-10-28-20-11-30-12-21(20)29-15/h5-8,11-12,15H,3-4,9-10H2,1-2H3. The molecule has 30 heavy (non-hydrogen) atoms. The van der Waals surface area contributed by atoms with Crippen molar-refractivity contribution in [1.29, 1.82) is 0 Å². The van der Waals surface area contributed by atoms with Crippen LogP contribution in [0.3, 0.4) is 0 Å². The van der Waals surface area contributed by atoms with E-state index in [0.717, 1.165) is 34.7 Å². The Labute approximate surface area is 177 Å². The molecule has 0 aliphatic carbocycles. The zero-order valence-corrected chi connectivity index (χ0v) is 17.5. The van der Waals surface area contributed by atoms with E-state index in [9.17, 15) is 4.79 Å². The maximum absolute atomic E-state index is 12.7. The van der Waals surface area contributed by atoms with E-state index in [1.165, 1.54) is 17.4 Å². The van der Waals surface area contributed by atoms with E-state index in [0.29, 0.717) is 30.4 Å². The fourth-order valence-corrected chi connectivity index (χ4v) is 4.51. The molecule has 0 spiro atoms. The second-order valence-corrected chi connectivity index (χ2v) is 7.89. The summed E-state index contributed by atoms with van der Waals surface area (Å²) in [5, 5.41) is 3.82. The van der Waals surface area contributed by atoms with Crippen LogP contribution in [-0.2, 0) is 13.0 Å². The minimum Gasteiger partial charge on any atom is -0.493 e. The first-order chi connectivity index (χ1) is 14.7. The molecule has 0 fully saturated rings. The minimum atomic E-state index is -0.234. The first kappa shape index (κ1) is 18.9. The summed E-state index contributed by atoms with van der Waals surface area (Å²) < 4.78 is 30.1. The predicted molar refractivity (Wildman–Crippen MR) is 113 cm³/mol. The number of nitrogens with zero attached hydrogens (tertiary/aromatic N) is 1. The van der Waals surface area contributed by atoms with Gasteiger partial charge in [0.1, 0.15) is 19.0 Å². The fraction of sp³-hybridized carbons (Fsp3) is 0.318. The van der Waals surface area contributed by atoms with Crippen molar-refractivity contribution in [2.45, 2.75) is 19.1 Å². The molecule has 5 rings (SSSR count). The van der Waals surface area contributed by atoms with E-state index in [4.69, 9.17) is 23.7 Å². The highest BCUT2D eigenvalue weighted by atomic mass is 32.1. The van der Waals surface area contributed by atoms with Gasteiger partial charge in [-0.1, -0.05) is 0 Å². The fourth-order valence-electron chi connectivity index (χ4n) is 3.84. The number of thiophene rings is 1. The van der Waals surface area contributed by atoms with E-state index in [2.05, 4.69) is 0 Å². The van der Waals surface area contributed by atoms with E-state index in [1.807, 2.05) is 29.0 Å². The lowest BCUT2D eigenvalue weighted by Gasteiger charge is -2.26. The summed E-state index contributed by atoms with van der Waals surface area (Å²) in [7, 11) is 3.22. The van der Waals surface area contributed by atoms with E-state index < -0.39 is 0 Å². The Morgan fingerprint density at radius 2 is 1.90 bits per heavy atom. The Kier molecular flexibility index (Phi) is 4.78. The molecular weight excluding hydrogens is 406 g/mol. The van der Waals surface area contributed by atoms with Crippen molar-refractivity contribution in [2.24, 2.45) is 0 Å². The van der Waals surface area contributed by atoms with E-state index >= 15 is 0 Å². The van der Waals surface area contributed by atoms with Crippen LogP contribution in [0.2, 0.25) is 0 Å². The maximum Gasteiger partial charge on any atom is 0.254 e. The van der Waals surface area contributed by atoms with Gasteiger partial charge in [-0.25, -0.2) is 0 Å². The number of rotatable bonds is 5. The van der Waals surface area contributed by atoms with Gasteiger partial charge in [0.2, 0.25) is 0 Å². The van der Waals surface area contributed by atoms with E-state index in [1.54, 1.807) is 18.8 Å². The smallest absolute Gasteiger partial charge is 0.254 e. The van der Waals surface area contributed by atoms with Crippen LogP contribution in [0.15, 0.2) is 39.8 Å². The Balaban J connectivity index is 1.42. The van der Waals surface area contributed by atoms with Crippen LogP contribution in [0.1, 0.15) is 5.56 Å². The summed E-state index contributed by atoms with van der Waals surface area (Å²) in [5.74, 6) is 3.32. The summed E-state index contributed by atoms with van der Waals surface area (Å²) in [4.78, 5) is 12.7. The van der Waals surface area contributed by atoms with Crippen LogP contribution in [-0.4, -0.2) is 38.1 Å². The van der Waals surface area contributed by atoms with Crippen LogP contribution in [0.25, 0.3) is 11.3 Å². The van der Waals surface area contributed by atoms with Gasteiger partial charge < -0.3 is 28.3 Å². The molecule has 0 amide bonds. The number of hydrogen-bond donors (Lipinski definition) is 0. The highest BCUT2D eigenvalue weighted by Crippen LogP contribution is 2.39. The number of hydrogen-bond acceptors (Lipinski definition) is 7. The van der Waals surface area contributed by atoms with Crippen molar-refractivity contribution >= 4 is 11.3 Å². The number of fused-ring (bicyclic) bond motifs is 4. The number of pyridine rings is 1. The Hall–Kier alpha value is -3.13. The van der Waals surface area contributed by atoms with Gasteiger partial charge in [-0.3, -0.25) is 4.79 Å². The van der Waals surface area contributed by atoms with Crippen molar-refractivity contribution in [3.05, 3.63) is 50.9 Å². The third kappa shape index (κ3) is 3.27. The van der Waals surface area contributed by atoms with Gasteiger partial charge in [0.15, 0.2) is 29.1 Å². The highest BCUT2D eigenvalue weighted by molar-refractivity contribution is 7.08. The van der Waals surface area contributed by atoms with Crippen LogP contribution >= 0.6 is 11.3 Å². The molecule has 2 aromatic heterocycles. The van der Waals surface area contributed by atoms with E-state index in [-0.39, 0.29) is 18.3 Å². The van der Waals surface area contributed by atoms with Crippen molar-refractivity contribution in [3.63, 3.8) is 0 Å². The molecular formula is C22H21NO6S. The number of ether oxygens (including phenoxy) is 5. The lowest BCUT2D eigenvalue weighted by atomic mass is 9.96. The SMILES string of the molecule is COc1cc2c(cc1OC)-c1cc(OCC3COc4cscc4O3)cc(=O)n1CC2. The molecule has 7 nitrogen and oxygen atoms in total. The van der Waals surface area contributed by atoms with Crippen molar-refractivity contribution in [3.8, 4) is 40.0 Å². The average Bonchev–Trinajstić information content (AvgIpc) is 3.24. The number of methoxy groups -OCH3 is 2. The second kappa shape index (κ2) is 7.60. The summed E-state index contributed by atoms with van der Waals surface area (Å²) in [6.45, 7) is 1.31. The monoisotopic (exact) mass is 427 g/mol. The molecule has 0 N–H and O–H groups in total. The van der Waals surface area contributed by atoms with Crippen LogP contribution < -0.4 is 29.2 Å². The van der Waals surface area contributed by atoms with Crippen LogP contribution in [0, 0.1) is 0 Å². The Morgan fingerprint density at radius 1 is 1.10 bits per heavy atom. The Morgan fingerprint density at radius 3 is 2.73 bits per heavy atom. The first-order valence-corrected chi connectivity index (χ1v) is 10.6. The molecule has 1 unspecified atom stereocenters.